The van der Waals surface area contributed by atoms with Gasteiger partial charge in [-0.05, 0) is 6.08 Å². The van der Waals surface area contributed by atoms with Crippen molar-refractivity contribution in [3.8, 4) is 0 Å². The molecule has 0 aromatic rings. The quantitative estimate of drug-likeness (QED) is 0.680. The van der Waals surface area contributed by atoms with Gasteiger partial charge in [-0.1, -0.05) is 6.58 Å². The molecular formula is C8H9N3OS. The first-order valence-electron chi connectivity index (χ1n) is 3.95. The van der Waals surface area contributed by atoms with E-state index in [9.17, 15) is 4.79 Å². The van der Waals surface area contributed by atoms with Gasteiger partial charge in [-0.15, -0.1) is 11.8 Å². The van der Waals surface area contributed by atoms with E-state index in [-0.39, 0.29) is 11.2 Å². The first-order valence-corrected chi connectivity index (χ1v) is 5.00. The van der Waals surface area contributed by atoms with E-state index >= 15 is 0 Å². The molecule has 2 aliphatic heterocycles. The second kappa shape index (κ2) is 3.33. The summed E-state index contributed by atoms with van der Waals surface area (Å²) in [5, 5.41) is 10.2. The standard InChI is InChI=1S/C8H9N3OS/c1-5-4-13-7(8(12)10-5)6-2-3-9-11-6/h2,7H,1,3-4H2,(H,10,12). The van der Waals surface area contributed by atoms with E-state index in [1.165, 1.54) is 0 Å². The Kier molecular flexibility index (Phi) is 2.18. The lowest BCUT2D eigenvalue weighted by atomic mass is 10.2. The van der Waals surface area contributed by atoms with Crippen molar-refractivity contribution in [1.29, 1.82) is 0 Å². The molecule has 1 fully saturated rings. The third kappa shape index (κ3) is 1.65. The largest absolute Gasteiger partial charge is 0.328 e. The third-order valence-corrected chi connectivity index (χ3v) is 3.10. The Morgan fingerprint density at radius 3 is 3.15 bits per heavy atom. The predicted molar refractivity (Wildman–Crippen MR) is 51.3 cm³/mol. The van der Waals surface area contributed by atoms with Gasteiger partial charge in [0.05, 0.1) is 12.2 Å². The van der Waals surface area contributed by atoms with Crippen molar-refractivity contribution in [2.24, 2.45) is 10.2 Å². The molecule has 0 aromatic carbocycles. The SMILES string of the molecule is C=C1CSC(C2=CCN=N2)C(=O)N1. The molecule has 2 heterocycles. The lowest BCUT2D eigenvalue weighted by Crippen LogP contribution is -2.37. The highest BCUT2D eigenvalue weighted by Crippen LogP contribution is 2.27. The summed E-state index contributed by atoms with van der Waals surface area (Å²) in [6, 6.07) is 0. The normalized spacial score (nSPS) is 27.4. The minimum atomic E-state index is -0.197. The number of hydrogen-bond donors (Lipinski definition) is 1. The van der Waals surface area contributed by atoms with Crippen LogP contribution in [0.15, 0.2) is 34.3 Å². The number of carbonyl (C=O) groups is 1. The molecule has 68 valence electrons. The van der Waals surface area contributed by atoms with E-state index in [0.717, 1.165) is 17.1 Å². The van der Waals surface area contributed by atoms with Gasteiger partial charge in [0.25, 0.3) is 0 Å². The Hall–Kier alpha value is -1.10. The van der Waals surface area contributed by atoms with Crippen LogP contribution in [0.4, 0.5) is 0 Å². The second-order valence-corrected chi connectivity index (χ2v) is 3.93. The van der Waals surface area contributed by atoms with Gasteiger partial charge in [0.2, 0.25) is 5.91 Å². The number of azo groups is 1. The maximum Gasteiger partial charge on any atom is 0.243 e. The maximum atomic E-state index is 11.5. The zero-order chi connectivity index (χ0) is 9.26. The number of rotatable bonds is 1. The lowest BCUT2D eigenvalue weighted by Gasteiger charge is -2.21. The second-order valence-electron chi connectivity index (χ2n) is 2.84. The van der Waals surface area contributed by atoms with E-state index in [2.05, 4.69) is 22.1 Å². The molecule has 2 aliphatic rings. The van der Waals surface area contributed by atoms with Gasteiger partial charge in [0.1, 0.15) is 5.25 Å². The molecule has 0 aliphatic carbocycles. The molecule has 4 nitrogen and oxygen atoms in total. The van der Waals surface area contributed by atoms with Crippen LogP contribution in [0.1, 0.15) is 0 Å². The molecule has 2 rings (SSSR count). The average Bonchev–Trinajstić information content (AvgIpc) is 2.56. The summed E-state index contributed by atoms with van der Waals surface area (Å²) in [5.41, 5.74) is 1.54. The molecule has 0 radical (unpaired) electrons. The van der Waals surface area contributed by atoms with Crippen molar-refractivity contribution in [3.63, 3.8) is 0 Å². The van der Waals surface area contributed by atoms with E-state index in [4.69, 9.17) is 0 Å². The minimum absolute atomic E-state index is 0.0339. The van der Waals surface area contributed by atoms with E-state index < -0.39 is 0 Å². The molecule has 1 atom stereocenters. The number of hydrogen-bond acceptors (Lipinski definition) is 4. The molecular weight excluding hydrogens is 186 g/mol. The van der Waals surface area contributed by atoms with Crippen molar-refractivity contribution in [1.82, 2.24) is 5.32 Å². The van der Waals surface area contributed by atoms with Crippen LogP contribution >= 0.6 is 11.8 Å². The maximum absolute atomic E-state index is 11.5. The van der Waals surface area contributed by atoms with Gasteiger partial charge in [-0.3, -0.25) is 4.79 Å². The molecule has 5 heteroatoms. The Bertz CT molecular complexity index is 321. The first kappa shape index (κ1) is 8.50. The molecule has 1 unspecified atom stereocenters. The Morgan fingerprint density at radius 1 is 1.69 bits per heavy atom. The van der Waals surface area contributed by atoms with Gasteiger partial charge in [0.15, 0.2) is 0 Å². The number of nitrogens with one attached hydrogen (secondary N) is 1. The van der Waals surface area contributed by atoms with Crippen LogP contribution < -0.4 is 5.32 Å². The topological polar surface area (TPSA) is 53.8 Å². The zero-order valence-electron chi connectivity index (χ0n) is 6.99. The summed E-state index contributed by atoms with van der Waals surface area (Å²) in [7, 11) is 0. The molecule has 1 N–H and O–H groups in total. The summed E-state index contributed by atoms with van der Waals surface area (Å²) in [6.45, 7) is 4.30. The summed E-state index contributed by atoms with van der Waals surface area (Å²) in [5.74, 6) is 0.719. The number of amides is 1. The van der Waals surface area contributed by atoms with E-state index in [0.29, 0.717) is 6.54 Å². The monoisotopic (exact) mass is 195 g/mol. The summed E-state index contributed by atoms with van der Waals surface area (Å²) < 4.78 is 0. The predicted octanol–water partition coefficient (Wildman–Crippen LogP) is 1.08. The van der Waals surface area contributed by atoms with Crippen molar-refractivity contribution in [3.05, 3.63) is 24.0 Å². The highest BCUT2D eigenvalue weighted by Gasteiger charge is 2.29. The number of nitrogens with zero attached hydrogens (tertiary/aromatic N) is 2. The van der Waals surface area contributed by atoms with Gasteiger partial charge < -0.3 is 5.32 Å². The average molecular weight is 195 g/mol. The van der Waals surface area contributed by atoms with Crippen LogP contribution in [0.2, 0.25) is 0 Å². The van der Waals surface area contributed by atoms with E-state index in [1.54, 1.807) is 11.8 Å². The molecule has 13 heavy (non-hydrogen) atoms. The van der Waals surface area contributed by atoms with Crippen molar-refractivity contribution >= 4 is 17.7 Å². The Morgan fingerprint density at radius 2 is 2.54 bits per heavy atom. The molecule has 0 saturated carbocycles. The minimum Gasteiger partial charge on any atom is -0.328 e. The third-order valence-electron chi connectivity index (χ3n) is 1.80. The fourth-order valence-electron chi connectivity index (χ4n) is 1.21. The van der Waals surface area contributed by atoms with Crippen molar-refractivity contribution in [2.75, 3.05) is 12.3 Å². The van der Waals surface area contributed by atoms with Crippen molar-refractivity contribution in [2.45, 2.75) is 5.25 Å². The summed E-state index contributed by atoms with van der Waals surface area (Å²) >= 11 is 1.54. The first-order chi connectivity index (χ1) is 6.27. The van der Waals surface area contributed by atoms with Crippen molar-refractivity contribution < 1.29 is 4.79 Å². The van der Waals surface area contributed by atoms with Crippen LogP contribution in [0.25, 0.3) is 0 Å². The zero-order valence-corrected chi connectivity index (χ0v) is 7.80. The smallest absolute Gasteiger partial charge is 0.243 e. The molecule has 1 saturated heterocycles. The van der Waals surface area contributed by atoms with Gasteiger partial charge in [-0.2, -0.15) is 10.2 Å². The van der Waals surface area contributed by atoms with Crippen LogP contribution in [0, 0.1) is 0 Å². The lowest BCUT2D eigenvalue weighted by molar-refractivity contribution is -0.119. The Balaban J connectivity index is 2.12. The molecule has 1 amide bonds. The fraction of sp³-hybridized carbons (Fsp3) is 0.375. The number of carbonyl (C=O) groups excluding carboxylic acids is 1. The van der Waals surface area contributed by atoms with Gasteiger partial charge in [0, 0.05) is 11.4 Å². The number of thioether (sulfide) groups is 1. The fourth-order valence-corrected chi connectivity index (χ4v) is 2.18. The molecule has 0 spiro atoms. The summed E-state index contributed by atoms with van der Waals surface area (Å²) in [6.07, 6.45) is 1.88. The highest BCUT2D eigenvalue weighted by atomic mass is 32.2. The molecule has 0 bridgehead atoms. The van der Waals surface area contributed by atoms with Crippen LogP contribution in [-0.2, 0) is 4.79 Å². The Labute approximate surface area is 80.2 Å². The highest BCUT2D eigenvalue weighted by molar-refractivity contribution is 8.01. The molecule has 0 aromatic heterocycles. The van der Waals surface area contributed by atoms with Crippen LogP contribution in [0.3, 0.4) is 0 Å². The van der Waals surface area contributed by atoms with Gasteiger partial charge >= 0.3 is 0 Å². The van der Waals surface area contributed by atoms with Crippen LogP contribution in [0.5, 0.6) is 0 Å². The van der Waals surface area contributed by atoms with E-state index in [1.807, 2.05) is 6.08 Å². The van der Waals surface area contributed by atoms with Crippen LogP contribution in [-0.4, -0.2) is 23.5 Å². The van der Waals surface area contributed by atoms with Gasteiger partial charge in [-0.25, -0.2) is 0 Å². The summed E-state index contributed by atoms with van der Waals surface area (Å²) in [4.78, 5) is 11.5.